The Bertz CT molecular complexity index is 1540. The number of carbonyl (C=O) groups excluding carboxylic acids is 1. The van der Waals surface area contributed by atoms with Crippen LogP contribution in [0.15, 0.2) is 48.8 Å². The van der Waals surface area contributed by atoms with E-state index in [2.05, 4.69) is 20.6 Å². The number of aromatic nitrogens is 2. The summed E-state index contributed by atoms with van der Waals surface area (Å²) in [5, 5.41) is 5.97. The summed E-state index contributed by atoms with van der Waals surface area (Å²) in [7, 11) is 3.30. The highest BCUT2D eigenvalue weighted by atomic mass is 19.1. The fourth-order valence-corrected chi connectivity index (χ4v) is 3.96. The molecule has 2 heterocycles. The molecule has 2 aromatic heterocycles. The van der Waals surface area contributed by atoms with Gasteiger partial charge in [-0.2, -0.15) is 0 Å². The van der Waals surface area contributed by atoms with Gasteiger partial charge in [-0.25, -0.2) is 8.78 Å². The zero-order valence-electron chi connectivity index (χ0n) is 22.2. The van der Waals surface area contributed by atoms with Crippen LogP contribution >= 0.6 is 0 Å². The number of likely N-dealkylation sites (N-methyl/N-ethyl adjacent to an activating group) is 1. The van der Waals surface area contributed by atoms with Gasteiger partial charge in [-0.1, -0.05) is 0 Å². The van der Waals surface area contributed by atoms with Crippen molar-refractivity contribution in [2.75, 3.05) is 32.6 Å². The largest absolute Gasteiger partial charge is 0.493 e. The molecule has 1 amide bonds. The summed E-state index contributed by atoms with van der Waals surface area (Å²) in [4.78, 5) is 21.4. The summed E-state index contributed by atoms with van der Waals surface area (Å²) in [6.07, 6.45) is 4.72. The van der Waals surface area contributed by atoms with Gasteiger partial charge in [0.2, 0.25) is 0 Å². The van der Waals surface area contributed by atoms with Gasteiger partial charge in [-0.3, -0.25) is 14.8 Å². The Morgan fingerprint density at radius 1 is 1.02 bits per heavy atom. The number of pyridine rings is 2. The summed E-state index contributed by atoms with van der Waals surface area (Å²) in [6.45, 7) is 2.82. The summed E-state index contributed by atoms with van der Waals surface area (Å²) in [6, 6.07) is 8.42. The van der Waals surface area contributed by atoms with Gasteiger partial charge >= 0.3 is 0 Å². The van der Waals surface area contributed by atoms with Gasteiger partial charge in [0.15, 0.2) is 28.9 Å². The lowest BCUT2D eigenvalue weighted by Crippen LogP contribution is -2.16. The second-order valence-corrected chi connectivity index (χ2v) is 9.25. The fraction of sp³-hybridized carbons (Fsp3) is 0.276. The van der Waals surface area contributed by atoms with E-state index in [1.54, 1.807) is 25.1 Å². The van der Waals surface area contributed by atoms with Crippen LogP contribution in [0, 0.1) is 18.6 Å². The first-order valence-corrected chi connectivity index (χ1v) is 12.7. The van der Waals surface area contributed by atoms with E-state index in [0.29, 0.717) is 47.0 Å². The molecule has 2 aromatic carbocycles. The molecule has 0 aliphatic heterocycles. The number of aryl methyl sites for hydroxylation is 1. The molecule has 208 valence electrons. The van der Waals surface area contributed by atoms with Crippen LogP contribution in [0.25, 0.3) is 10.9 Å². The number of benzene rings is 2. The van der Waals surface area contributed by atoms with Crippen LogP contribution in [0.3, 0.4) is 0 Å². The molecule has 1 aliphatic carbocycles. The quantitative estimate of drug-likeness (QED) is 0.239. The van der Waals surface area contributed by atoms with Crippen molar-refractivity contribution < 1.29 is 32.5 Å². The maximum atomic E-state index is 15.1. The number of nitrogens with one attached hydrogen (secondary N) is 2. The number of hydrogen-bond acceptors (Lipinski definition) is 8. The molecule has 40 heavy (non-hydrogen) atoms. The number of hydrogen-bond donors (Lipinski definition) is 2. The monoisotopic (exact) mass is 550 g/mol. The molecule has 0 bridgehead atoms. The molecule has 0 saturated heterocycles. The minimum absolute atomic E-state index is 0.0568. The van der Waals surface area contributed by atoms with Gasteiger partial charge in [-0.05, 0) is 38.9 Å². The van der Waals surface area contributed by atoms with E-state index in [4.69, 9.17) is 18.9 Å². The number of ether oxygens (including phenoxy) is 4. The van der Waals surface area contributed by atoms with E-state index >= 15 is 8.78 Å². The number of methoxy groups -OCH3 is 1. The Morgan fingerprint density at radius 3 is 2.50 bits per heavy atom. The first kappa shape index (κ1) is 27.1. The van der Waals surface area contributed by atoms with E-state index in [-0.39, 0.29) is 23.1 Å². The summed E-state index contributed by atoms with van der Waals surface area (Å²) in [5.74, 6) is -1.82. The third kappa shape index (κ3) is 6.04. The number of rotatable bonds is 11. The zero-order chi connectivity index (χ0) is 28.2. The normalized spacial score (nSPS) is 12.7. The lowest BCUT2D eigenvalue weighted by atomic mass is 10.1. The van der Waals surface area contributed by atoms with Crippen molar-refractivity contribution in [3.05, 3.63) is 71.7 Å². The SMILES string of the molecule is CNCCOc1cc2nccc(Oc3c(F)cc(NC(=O)c4cnc(C)cc4OC4CC4)cc3F)c2cc1OC. The van der Waals surface area contributed by atoms with E-state index < -0.39 is 23.3 Å². The van der Waals surface area contributed by atoms with Crippen LogP contribution in [0.1, 0.15) is 28.9 Å². The summed E-state index contributed by atoms with van der Waals surface area (Å²) >= 11 is 0. The van der Waals surface area contributed by atoms with Gasteiger partial charge in [0, 0.05) is 60.0 Å². The van der Waals surface area contributed by atoms with Crippen molar-refractivity contribution in [1.29, 1.82) is 0 Å². The zero-order valence-corrected chi connectivity index (χ0v) is 22.2. The smallest absolute Gasteiger partial charge is 0.261 e. The van der Waals surface area contributed by atoms with Crippen molar-refractivity contribution in [2.24, 2.45) is 0 Å². The highest BCUT2D eigenvalue weighted by Crippen LogP contribution is 2.39. The van der Waals surface area contributed by atoms with Gasteiger partial charge in [0.1, 0.15) is 23.7 Å². The molecule has 0 radical (unpaired) electrons. The van der Waals surface area contributed by atoms with E-state index in [1.165, 1.54) is 25.6 Å². The van der Waals surface area contributed by atoms with Crippen molar-refractivity contribution >= 4 is 22.5 Å². The van der Waals surface area contributed by atoms with Gasteiger partial charge < -0.3 is 29.6 Å². The van der Waals surface area contributed by atoms with Crippen molar-refractivity contribution in [3.8, 4) is 28.7 Å². The van der Waals surface area contributed by atoms with Crippen LogP contribution < -0.4 is 29.6 Å². The molecule has 2 N–H and O–H groups in total. The van der Waals surface area contributed by atoms with Gasteiger partial charge in [-0.15, -0.1) is 0 Å². The number of carbonyl (C=O) groups is 1. The molecule has 4 aromatic rings. The van der Waals surface area contributed by atoms with Crippen LogP contribution in [-0.2, 0) is 0 Å². The fourth-order valence-electron chi connectivity index (χ4n) is 3.96. The van der Waals surface area contributed by atoms with Crippen LogP contribution in [0.5, 0.6) is 28.7 Å². The lowest BCUT2D eigenvalue weighted by Gasteiger charge is -2.15. The van der Waals surface area contributed by atoms with Crippen molar-refractivity contribution in [1.82, 2.24) is 15.3 Å². The number of nitrogens with zero attached hydrogens (tertiary/aromatic N) is 2. The van der Waals surface area contributed by atoms with Gasteiger partial charge in [0.25, 0.3) is 5.91 Å². The van der Waals surface area contributed by atoms with E-state index in [9.17, 15) is 4.79 Å². The van der Waals surface area contributed by atoms with Crippen LogP contribution in [-0.4, -0.2) is 49.3 Å². The Hall–Kier alpha value is -4.51. The maximum Gasteiger partial charge on any atom is 0.261 e. The third-order valence-corrected chi connectivity index (χ3v) is 6.13. The predicted molar refractivity (Wildman–Crippen MR) is 145 cm³/mol. The molecule has 0 atom stereocenters. The van der Waals surface area contributed by atoms with Crippen LogP contribution in [0.2, 0.25) is 0 Å². The molecule has 0 unspecified atom stereocenters. The molecule has 1 fully saturated rings. The molecule has 11 heteroatoms. The first-order valence-electron chi connectivity index (χ1n) is 12.7. The molecule has 0 spiro atoms. The van der Waals surface area contributed by atoms with Crippen molar-refractivity contribution in [3.63, 3.8) is 0 Å². The average molecular weight is 551 g/mol. The standard InChI is InChI=1S/C29H28F2N4O5/c1-16-10-25(39-18-4-5-18)20(15-34-16)29(36)35-17-11-21(30)28(22(31)12-17)40-24-6-7-33-23-14-27(38-9-8-32-2)26(37-3)13-19(23)24/h6-7,10-15,18,32H,4-5,8-9H2,1-3H3,(H,35,36). The first-order chi connectivity index (χ1) is 19.4. The summed E-state index contributed by atoms with van der Waals surface area (Å²) in [5.41, 5.74) is 1.25. The summed E-state index contributed by atoms with van der Waals surface area (Å²) < 4.78 is 52.9. The van der Waals surface area contributed by atoms with Gasteiger partial charge in [0.05, 0.1) is 18.7 Å². The highest BCUT2D eigenvalue weighted by Gasteiger charge is 2.26. The van der Waals surface area contributed by atoms with Crippen molar-refractivity contribution in [2.45, 2.75) is 25.9 Å². The van der Waals surface area contributed by atoms with Crippen LogP contribution in [0.4, 0.5) is 14.5 Å². The molecule has 5 rings (SSSR count). The second kappa shape index (κ2) is 11.7. The van der Waals surface area contributed by atoms with E-state index in [0.717, 1.165) is 25.0 Å². The highest BCUT2D eigenvalue weighted by molar-refractivity contribution is 6.06. The minimum atomic E-state index is -1.00. The minimum Gasteiger partial charge on any atom is -0.493 e. The molecular formula is C29H28F2N4O5. The Kier molecular flexibility index (Phi) is 7.92. The lowest BCUT2D eigenvalue weighted by molar-refractivity contribution is 0.102. The Morgan fingerprint density at radius 2 is 1.80 bits per heavy atom. The molecule has 1 saturated carbocycles. The average Bonchev–Trinajstić information content (AvgIpc) is 3.74. The number of amides is 1. The maximum absolute atomic E-state index is 15.1. The van der Waals surface area contributed by atoms with E-state index in [1.807, 2.05) is 7.05 Å². The molecule has 9 nitrogen and oxygen atoms in total. The predicted octanol–water partition coefficient (Wildman–Crippen LogP) is 5.41. The number of halogens is 2. The Labute approximate surface area is 229 Å². The second-order valence-electron chi connectivity index (χ2n) is 9.25. The topological polar surface area (TPSA) is 104 Å². The molecular weight excluding hydrogens is 522 g/mol. The molecule has 1 aliphatic rings. The third-order valence-electron chi connectivity index (χ3n) is 6.13. The number of anilines is 1. The Balaban J connectivity index is 1.38. The number of fused-ring (bicyclic) bond motifs is 1.